The van der Waals surface area contributed by atoms with Crippen LogP contribution in [0.3, 0.4) is 0 Å². The van der Waals surface area contributed by atoms with Crippen molar-refractivity contribution < 1.29 is 13.9 Å². The summed E-state index contributed by atoms with van der Waals surface area (Å²) in [4.78, 5) is 12.0. The first-order valence-electron chi connectivity index (χ1n) is 7.00. The standard InChI is InChI=1S/C16H19FN2O2/c1-11-14(6-8-21-11)10-19-16(20)13-5-4-12(3-2-7-18)15(17)9-13/h4-5,9,11,14H,6-8,10,18H2,1H3,(H,19,20). The molecule has 1 aromatic rings. The molecule has 4 nitrogen and oxygen atoms in total. The molecule has 0 spiro atoms. The first-order valence-corrected chi connectivity index (χ1v) is 7.00. The fourth-order valence-electron chi connectivity index (χ4n) is 2.27. The molecule has 2 atom stereocenters. The minimum atomic E-state index is -0.513. The Balaban J connectivity index is 1.97. The average molecular weight is 290 g/mol. The lowest BCUT2D eigenvalue weighted by molar-refractivity contribution is 0.0907. The molecule has 0 saturated carbocycles. The number of halogens is 1. The lowest BCUT2D eigenvalue weighted by Gasteiger charge is -2.14. The Morgan fingerprint density at radius 1 is 1.57 bits per heavy atom. The quantitative estimate of drug-likeness (QED) is 0.825. The second-order valence-corrected chi connectivity index (χ2v) is 5.04. The Labute approximate surface area is 123 Å². The number of nitrogens with one attached hydrogen (secondary N) is 1. The Bertz CT molecular complexity index is 577. The highest BCUT2D eigenvalue weighted by atomic mass is 19.1. The number of hydrogen-bond donors (Lipinski definition) is 2. The molecule has 0 bridgehead atoms. The monoisotopic (exact) mass is 290 g/mol. The lowest BCUT2D eigenvalue weighted by atomic mass is 10.0. The van der Waals surface area contributed by atoms with Crippen molar-refractivity contribution in [2.24, 2.45) is 11.7 Å². The molecule has 2 rings (SSSR count). The van der Waals surface area contributed by atoms with Gasteiger partial charge in [0, 0.05) is 24.6 Å². The van der Waals surface area contributed by atoms with Crippen LogP contribution in [-0.4, -0.2) is 31.7 Å². The van der Waals surface area contributed by atoms with E-state index in [-0.39, 0.29) is 29.7 Å². The second kappa shape index (κ2) is 7.21. The van der Waals surface area contributed by atoms with Crippen LogP contribution in [-0.2, 0) is 4.74 Å². The van der Waals surface area contributed by atoms with Crippen LogP contribution in [0.15, 0.2) is 18.2 Å². The molecule has 21 heavy (non-hydrogen) atoms. The van der Waals surface area contributed by atoms with Crippen LogP contribution in [0, 0.1) is 23.6 Å². The van der Waals surface area contributed by atoms with Crippen LogP contribution in [0.25, 0.3) is 0 Å². The first kappa shape index (κ1) is 15.5. The van der Waals surface area contributed by atoms with Crippen LogP contribution in [0.1, 0.15) is 29.3 Å². The largest absolute Gasteiger partial charge is 0.378 e. The van der Waals surface area contributed by atoms with E-state index < -0.39 is 5.82 Å². The number of hydrogen-bond acceptors (Lipinski definition) is 3. The predicted octanol–water partition coefficient (Wildman–Crippen LogP) is 1.29. The molecule has 5 heteroatoms. The Morgan fingerprint density at radius 3 is 3.00 bits per heavy atom. The van der Waals surface area contributed by atoms with Crippen molar-refractivity contribution in [2.75, 3.05) is 19.7 Å². The van der Waals surface area contributed by atoms with Crippen LogP contribution in [0.2, 0.25) is 0 Å². The van der Waals surface area contributed by atoms with Gasteiger partial charge in [-0.15, -0.1) is 0 Å². The van der Waals surface area contributed by atoms with Gasteiger partial charge in [-0.05, 0) is 31.5 Å². The van der Waals surface area contributed by atoms with Crippen molar-refractivity contribution in [3.63, 3.8) is 0 Å². The first-order chi connectivity index (χ1) is 10.1. The van der Waals surface area contributed by atoms with Gasteiger partial charge in [0.25, 0.3) is 5.91 Å². The third-order valence-electron chi connectivity index (χ3n) is 3.61. The van der Waals surface area contributed by atoms with E-state index in [9.17, 15) is 9.18 Å². The molecular formula is C16H19FN2O2. The fraction of sp³-hybridized carbons (Fsp3) is 0.438. The maximum Gasteiger partial charge on any atom is 0.251 e. The van der Waals surface area contributed by atoms with E-state index in [1.165, 1.54) is 12.1 Å². The van der Waals surface area contributed by atoms with Crippen molar-refractivity contribution in [2.45, 2.75) is 19.4 Å². The summed E-state index contributed by atoms with van der Waals surface area (Å²) in [7, 11) is 0. The maximum absolute atomic E-state index is 13.8. The normalized spacial score (nSPS) is 20.7. The number of ether oxygens (including phenoxy) is 1. The van der Waals surface area contributed by atoms with Crippen molar-refractivity contribution in [3.8, 4) is 11.8 Å². The third kappa shape index (κ3) is 4.03. The minimum Gasteiger partial charge on any atom is -0.378 e. The number of benzene rings is 1. The molecule has 2 unspecified atom stereocenters. The van der Waals surface area contributed by atoms with Gasteiger partial charge in [0.2, 0.25) is 0 Å². The summed E-state index contributed by atoms with van der Waals surface area (Å²) < 4.78 is 19.2. The van der Waals surface area contributed by atoms with Gasteiger partial charge in [0.15, 0.2) is 0 Å². The van der Waals surface area contributed by atoms with E-state index in [0.29, 0.717) is 12.5 Å². The van der Waals surface area contributed by atoms with Gasteiger partial charge < -0.3 is 15.8 Å². The van der Waals surface area contributed by atoms with E-state index in [1.807, 2.05) is 6.92 Å². The van der Waals surface area contributed by atoms with E-state index in [0.717, 1.165) is 13.0 Å². The van der Waals surface area contributed by atoms with Crippen LogP contribution in [0.4, 0.5) is 4.39 Å². The molecule has 1 aliphatic heterocycles. The average Bonchev–Trinajstić information content (AvgIpc) is 2.88. The third-order valence-corrected chi connectivity index (χ3v) is 3.61. The number of amides is 1. The number of carbonyl (C=O) groups is 1. The van der Waals surface area contributed by atoms with Gasteiger partial charge >= 0.3 is 0 Å². The molecule has 1 saturated heterocycles. The Kier molecular flexibility index (Phi) is 5.32. The highest BCUT2D eigenvalue weighted by Gasteiger charge is 2.24. The van der Waals surface area contributed by atoms with Crippen molar-refractivity contribution in [1.82, 2.24) is 5.32 Å². The number of nitrogens with two attached hydrogens (primary N) is 1. The van der Waals surface area contributed by atoms with Crippen LogP contribution < -0.4 is 11.1 Å². The zero-order valence-electron chi connectivity index (χ0n) is 12.0. The zero-order valence-corrected chi connectivity index (χ0v) is 12.0. The van der Waals surface area contributed by atoms with Crippen molar-refractivity contribution in [1.29, 1.82) is 0 Å². The van der Waals surface area contributed by atoms with E-state index in [4.69, 9.17) is 10.5 Å². The minimum absolute atomic E-state index is 0.149. The molecular weight excluding hydrogens is 271 g/mol. The molecule has 1 heterocycles. The zero-order chi connectivity index (χ0) is 15.2. The Morgan fingerprint density at radius 2 is 2.38 bits per heavy atom. The molecule has 1 amide bonds. The van der Waals surface area contributed by atoms with E-state index in [2.05, 4.69) is 17.2 Å². The van der Waals surface area contributed by atoms with Crippen LogP contribution >= 0.6 is 0 Å². The van der Waals surface area contributed by atoms with Gasteiger partial charge in [0.05, 0.1) is 18.2 Å². The fourth-order valence-corrected chi connectivity index (χ4v) is 2.27. The van der Waals surface area contributed by atoms with Gasteiger partial charge in [0.1, 0.15) is 5.82 Å². The lowest BCUT2D eigenvalue weighted by Crippen LogP contribution is -2.32. The summed E-state index contributed by atoms with van der Waals surface area (Å²) in [6.07, 6.45) is 1.08. The highest BCUT2D eigenvalue weighted by Crippen LogP contribution is 2.19. The summed E-state index contributed by atoms with van der Waals surface area (Å²) in [6, 6.07) is 4.26. The molecule has 112 valence electrons. The van der Waals surface area contributed by atoms with Crippen molar-refractivity contribution >= 4 is 5.91 Å². The smallest absolute Gasteiger partial charge is 0.251 e. The molecule has 1 fully saturated rings. The highest BCUT2D eigenvalue weighted by molar-refractivity contribution is 5.94. The summed E-state index contributed by atoms with van der Waals surface area (Å²) in [6.45, 7) is 3.43. The second-order valence-electron chi connectivity index (χ2n) is 5.04. The predicted molar refractivity (Wildman–Crippen MR) is 78.2 cm³/mol. The van der Waals surface area contributed by atoms with Crippen LogP contribution in [0.5, 0.6) is 0 Å². The number of rotatable bonds is 3. The summed E-state index contributed by atoms with van der Waals surface area (Å²) in [5, 5.41) is 2.82. The van der Waals surface area contributed by atoms with Gasteiger partial charge in [-0.3, -0.25) is 4.79 Å². The Hall–Kier alpha value is -1.90. The molecule has 3 N–H and O–H groups in total. The summed E-state index contributed by atoms with van der Waals surface area (Å²) in [5.74, 6) is 4.72. The summed E-state index contributed by atoms with van der Waals surface area (Å²) >= 11 is 0. The SMILES string of the molecule is CC1OCCC1CNC(=O)c1ccc(C#CCN)c(F)c1. The van der Waals surface area contributed by atoms with Gasteiger partial charge in [-0.1, -0.05) is 11.8 Å². The number of carbonyl (C=O) groups excluding carboxylic acids is 1. The molecule has 0 aromatic heterocycles. The topological polar surface area (TPSA) is 64.3 Å². The molecule has 0 aliphatic carbocycles. The molecule has 1 aromatic carbocycles. The van der Waals surface area contributed by atoms with E-state index in [1.54, 1.807) is 6.07 Å². The molecule has 1 aliphatic rings. The summed E-state index contributed by atoms with van der Waals surface area (Å²) in [5.41, 5.74) is 5.78. The maximum atomic E-state index is 13.8. The molecule has 0 radical (unpaired) electrons. The van der Waals surface area contributed by atoms with Gasteiger partial charge in [-0.25, -0.2) is 4.39 Å². The van der Waals surface area contributed by atoms with Gasteiger partial charge in [-0.2, -0.15) is 0 Å². The van der Waals surface area contributed by atoms with Crippen molar-refractivity contribution in [3.05, 3.63) is 35.1 Å². The van der Waals surface area contributed by atoms with E-state index >= 15 is 0 Å².